The molecule has 2 heterocycles. The van der Waals surface area contributed by atoms with Crippen LogP contribution in [0.4, 0.5) is 17.1 Å². The third kappa shape index (κ3) is 3.93. The lowest BCUT2D eigenvalue weighted by molar-refractivity contribution is 0.533. The van der Waals surface area contributed by atoms with Crippen LogP contribution in [-0.2, 0) is 11.8 Å². The standard InChI is InChI=1S/C37H27N5/c1-37(25-20-22-28(23-21-25)42(26-12-4-2-5-13-26)27-14-6-3-7-15-27)24-33-34(39-30-17-9-8-16-29(30)38-33)35-36(37)41-32-19-11-10-18-31(32)40-35/h2-23H,24H2,1H3. The largest absolute Gasteiger partial charge is 0.311 e. The summed E-state index contributed by atoms with van der Waals surface area (Å²) in [6.07, 6.45) is 0.681. The van der Waals surface area contributed by atoms with Crippen LogP contribution in [0.2, 0.25) is 0 Å². The Morgan fingerprint density at radius 1 is 0.476 bits per heavy atom. The van der Waals surface area contributed by atoms with Crippen molar-refractivity contribution >= 4 is 39.1 Å². The van der Waals surface area contributed by atoms with Crippen LogP contribution in [0.15, 0.2) is 133 Å². The van der Waals surface area contributed by atoms with E-state index in [2.05, 4.69) is 84.6 Å². The van der Waals surface area contributed by atoms with E-state index in [0.29, 0.717) is 6.42 Å². The molecule has 0 aliphatic heterocycles. The topological polar surface area (TPSA) is 54.8 Å². The van der Waals surface area contributed by atoms with Crippen LogP contribution in [0, 0.1) is 0 Å². The molecule has 0 saturated carbocycles. The minimum Gasteiger partial charge on any atom is -0.311 e. The van der Waals surface area contributed by atoms with E-state index >= 15 is 0 Å². The van der Waals surface area contributed by atoms with Gasteiger partial charge in [-0.3, -0.25) is 0 Å². The highest BCUT2D eigenvalue weighted by Gasteiger charge is 2.41. The fourth-order valence-electron chi connectivity index (χ4n) is 6.14. The maximum atomic E-state index is 5.24. The number of rotatable bonds is 4. The highest BCUT2D eigenvalue weighted by molar-refractivity contribution is 5.84. The van der Waals surface area contributed by atoms with Gasteiger partial charge in [0.25, 0.3) is 0 Å². The van der Waals surface area contributed by atoms with Crippen LogP contribution in [0.5, 0.6) is 0 Å². The summed E-state index contributed by atoms with van der Waals surface area (Å²) in [7, 11) is 0. The number of benzene rings is 5. The first-order chi connectivity index (χ1) is 20.7. The lowest BCUT2D eigenvalue weighted by Gasteiger charge is -2.35. The lowest BCUT2D eigenvalue weighted by atomic mass is 9.71. The Labute approximate surface area is 244 Å². The van der Waals surface area contributed by atoms with Crippen molar-refractivity contribution in [3.8, 4) is 11.4 Å². The van der Waals surface area contributed by atoms with E-state index < -0.39 is 5.41 Å². The lowest BCUT2D eigenvalue weighted by Crippen LogP contribution is -2.33. The first-order valence-corrected chi connectivity index (χ1v) is 14.2. The molecule has 0 N–H and O–H groups in total. The second-order valence-corrected chi connectivity index (χ2v) is 11.0. The van der Waals surface area contributed by atoms with Gasteiger partial charge in [0.2, 0.25) is 0 Å². The van der Waals surface area contributed by atoms with E-state index in [9.17, 15) is 0 Å². The molecule has 200 valence electrons. The Balaban J connectivity index is 1.29. The number of aromatic nitrogens is 4. The molecule has 0 fully saturated rings. The molecule has 5 nitrogen and oxygen atoms in total. The number of nitrogens with zero attached hydrogens (tertiary/aromatic N) is 5. The zero-order valence-electron chi connectivity index (χ0n) is 23.1. The normalized spacial score (nSPS) is 15.7. The molecule has 5 aromatic carbocycles. The molecular weight excluding hydrogens is 514 g/mol. The zero-order valence-corrected chi connectivity index (χ0v) is 23.1. The van der Waals surface area contributed by atoms with Crippen LogP contribution < -0.4 is 4.90 Å². The van der Waals surface area contributed by atoms with E-state index in [1.54, 1.807) is 0 Å². The summed E-state index contributed by atoms with van der Waals surface area (Å²) >= 11 is 0. The Morgan fingerprint density at radius 3 is 1.50 bits per heavy atom. The van der Waals surface area contributed by atoms with Crippen molar-refractivity contribution in [2.75, 3.05) is 4.90 Å². The Hall–Kier alpha value is -5.42. The third-order valence-corrected chi connectivity index (χ3v) is 8.27. The predicted molar refractivity (Wildman–Crippen MR) is 169 cm³/mol. The molecule has 1 aliphatic rings. The molecule has 0 amide bonds. The summed E-state index contributed by atoms with van der Waals surface area (Å²) < 4.78 is 0. The third-order valence-electron chi connectivity index (χ3n) is 8.27. The van der Waals surface area contributed by atoms with E-state index in [0.717, 1.165) is 61.9 Å². The van der Waals surface area contributed by atoms with Gasteiger partial charge < -0.3 is 4.90 Å². The monoisotopic (exact) mass is 541 g/mol. The highest BCUT2D eigenvalue weighted by Crippen LogP contribution is 2.46. The summed E-state index contributed by atoms with van der Waals surface area (Å²) in [5.74, 6) is 0. The minimum atomic E-state index is -0.445. The van der Waals surface area contributed by atoms with Crippen LogP contribution in [0.25, 0.3) is 33.5 Å². The van der Waals surface area contributed by atoms with Gasteiger partial charge in [-0.2, -0.15) is 0 Å². The van der Waals surface area contributed by atoms with Gasteiger partial charge >= 0.3 is 0 Å². The van der Waals surface area contributed by atoms with Gasteiger partial charge in [0, 0.05) is 28.9 Å². The first-order valence-electron chi connectivity index (χ1n) is 14.2. The SMILES string of the molecule is CC1(c2ccc(N(c3ccccc3)c3ccccc3)cc2)Cc2nc3ccccc3nc2-c2nc3ccccc3nc21. The van der Waals surface area contributed by atoms with Crippen LogP contribution in [0.3, 0.4) is 0 Å². The Bertz CT molecular complexity index is 2040. The van der Waals surface area contributed by atoms with Gasteiger partial charge in [-0.15, -0.1) is 0 Å². The van der Waals surface area contributed by atoms with Crippen LogP contribution in [-0.4, -0.2) is 19.9 Å². The molecule has 1 atom stereocenters. The summed E-state index contributed by atoms with van der Waals surface area (Å²) in [6.45, 7) is 2.26. The predicted octanol–water partition coefficient (Wildman–Crippen LogP) is 8.57. The fourth-order valence-corrected chi connectivity index (χ4v) is 6.14. The molecule has 42 heavy (non-hydrogen) atoms. The number of hydrogen-bond donors (Lipinski definition) is 0. The second-order valence-electron chi connectivity index (χ2n) is 11.0. The van der Waals surface area contributed by atoms with Crippen molar-refractivity contribution in [3.63, 3.8) is 0 Å². The van der Waals surface area contributed by atoms with Crippen molar-refractivity contribution < 1.29 is 0 Å². The van der Waals surface area contributed by atoms with Crippen molar-refractivity contribution in [2.45, 2.75) is 18.8 Å². The Morgan fingerprint density at radius 2 is 0.929 bits per heavy atom. The molecule has 1 aliphatic carbocycles. The van der Waals surface area contributed by atoms with E-state index in [4.69, 9.17) is 19.9 Å². The smallest absolute Gasteiger partial charge is 0.114 e. The molecule has 0 saturated heterocycles. The van der Waals surface area contributed by atoms with E-state index in [-0.39, 0.29) is 0 Å². The zero-order chi connectivity index (χ0) is 28.1. The van der Waals surface area contributed by atoms with E-state index in [1.807, 2.05) is 60.7 Å². The molecule has 7 aromatic rings. The number of hydrogen-bond acceptors (Lipinski definition) is 5. The minimum absolute atomic E-state index is 0.445. The molecular formula is C37H27N5. The average molecular weight is 542 g/mol. The number of para-hydroxylation sites is 6. The van der Waals surface area contributed by atoms with Gasteiger partial charge in [-0.1, -0.05) is 72.8 Å². The molecule has 0 bridgehead atoms. The quantitative estimate of drug-likeness (QED) is 0.223. The average Bonchev–Trinajstić information content (AvgIpc) is 3.05. The summed E-state index contributed by atoms with van der Waals surface area (Å²) in [6, 6.07) is 45.9. The van der Waals surface area contributed by atoms with Gasteiger partial charge in [-0.25, -0.2) is 19.9 Å². The first kappa shape index (κ1) is 24.4. The van der Waals surface area contributed by atoms with Gasteiger partial charge in [0.05, 0.1) is 33.5 Å². The van der Waals surface area contributed by atoms with E-state index in [1.165, 1.54) is 5.56 Å². The number of fused-ring (bicyclic) bond motifs is 5. The molecule has 2 aromatic heterocycles. The second kappa shape index (κ2) is 9.60. The molecule has 1 unspecified atom stereocenters. The van der Waals surface area contributed by atoms with Gasteiger partial charge in [0.15, 0.2) is 0 Å². The highest BCUT2D eigenvalue weighted by atomic mass is 15.1. The van der Waals surface area contributed by atoms with Crippen LogP contribution >= 0.6 is 0 Å². The summed E-state index contributed by atoms with van der Waals surface area (Å²) in [5, 5.41) is 0. The van der Waals surface area contributed by atoms with Crippen molar-refractivity contribution in [1.29, 1.82) is 0 Å². The molecule has 8 rings (SSSR count). The summed E-state index contributed by atoms with van der Waals surface area (Å²) in [5.41, 5.74) is 11.1. The van der Waals surface area contributed by atoms with Crippen molar-refractivity contribution in [3.05, 3.63) is 150 Å². The van der Waals surface area contributed by atoms with Gasteiger partial charge in [0.1, 0.15) is 11.4 Å². The maximum absolute atomic E-state index is 5.24. The molecule has 0 spiro atoms. The Kier molecular flexibility index (Phi) is 5.57. The number of anilines is 3. The molecule has 5 heteroatoms. The van der Waals surface area contributed by atoms with Crippen molar-refractivity contribution in [2.24, 2.45) is 0 Å². The van der Waals surface area contributed by atoms with Crippen LogP contribution in [0.1, 0.15) is 23.9 Å². The fraction of sp³-hybridized carbons (Fsp3) is 0.0811. The maximum Gasteiger partial charge on any atom is 0.114 e. The molecule has 0 radical (unpaired) electrons. The summed E-state index contributed by atoms with van der Waals surface area (Å²) in [4.78, 5) is 22.8. The van der Waals surface area contributed by atoms with Crippen molar-refractivity contribution in [1.82, 2.24) is 19.9 Å². The van der Waals surface area contributed by atoms with Gasteiger partial charge in [-0.05, 0) is 73.2 Å².